The van der Waals surface area contributed by atoms with Crippen LogP contribution in [0.3, 0.4) is 0 Å². The lowest BCUT2D eigenvalue weighted by atomic mass is 10.1. The summed E-state index contributed by atoms with van der Waals surface area (Å²) in [6, 6.07) is 13.8. The minimum Gasteiger partial charge on any atom is -0.493 e. The fraction of sp³-hybridized carbons (Fsp3) is 0.105. The number of esters is 1. The Morgan fingerprint density at radius 3 is 2.69 bits per heavy atom. The van der Waals surface area contributed by atoms with Gasteiger partial charge < -0.3 is 14.2 Å². The number of ether oxygens (including phenoxy) is 3. The third kappa shape index (κ3) is 3.85. The van der Waals surface area contributed by atoms with Gasteiger partial charge in [0.2, 0.25) is 5.90 Å². The molecule has 0 N–H and O–H groups in total. The topological polar surface area (TPSA) is 80.9 Å². The molecule has 0 spiro atoms. The first-order chi connectivity index (χ1) is 12.6. The van der Waals surface area contributed by atoms with Gasteiger partial charge in [-0.2, -0.15) is 5.26 Å². The maximum Gasteiger partial charge on any atom is 0.363 e. The summed E-state index contributed by atoms with van der Waals surface area (Å²) in [5.41, 5.74) is 1.51. The van der Waals surface area contributed by atoms with Crippen molar-refractivity contribution in [2.45, 2.75) is 0 Å². The molecule has 0 atom stereocenters. The SMILES string of the molecule is COc1cc(/C=C2/N=C(c3ccc(Cl)cc3)OC2=O)ccc1OCC#N. The molecule has 0 radical (unpaired) electrons. The van der Waals surface area contributed by atoms with E-state index >= 15 is 0 Å². The highest BCUT2D eigenvalue weighted by atomic mass is 35.5. The minimum absolute atomic E-state index is 0.0854. The first kappa shape index (κ1) is 17.5. The predicted molar refractivity (Wildman–Crippen MR) is 96.2 cm³/mol. The quantitative estimate of drug-likeness (QED) is 0.595. The summed E-state index contributed by atoms with van der Waals surface area (Å²) < 4.78 is 15.7. The average Bonchev–Trinajstić information content (AvgIpc) is 3.01. The van der Waals surface area contributed by atoms with E-state index < -0.39 is 5.97 Å². The highest BCUT2D eigenvalue weighted by molar-refractivity contribution is 6.30. The van der Waals surface area contributed by atoms with Gasteiger partial charge in [0.05, 0.1) is 7.11 Å². The highest BCUT2D eigenvalue weighted by Crippen LogP contribution is 2.29. The molecule has 0 bridgehead atoms. The molecular formula is C19H13ClN2O4. The third-order valence-electron chi connectivity index (χ3n) is 3.49. The van der Waals surface area contributed by atoms with E-state index in [2.05, 4.69) is 4.99 Å². The number of nitrogens with zero attached hydrogens (tertiary/aromatic N) is 2. The van der Waals surface area contributed by atoms with E-state index in [1.165, 1.54) is 7.11 Å². The zero-order chi connectivity index (χ0) is 18.5. The standard InChI is InChI=1S/C19H13ClN2O4/c1-24-17-11-12(2-7-16(17)25-9-8-21)10-15-19(23)26-18(22-15)13-3-5-14(20)6-4-13/h2-7,10-11H,9H2,1H3/b15-10+. The molecule has 2 aromatic carbocycles. The Kier molecular flexibility index (Phi) is 5.20. The van der Waals surface area contributed by atoms with Crippen LogP contribution >= 0.6 is 11.6 Å². The van der Waals surface area contributed by atoms with Crippen LogP contribution in [0.2, 0.25) is 5.02 Å². The van der Waals surface area contributed by atoms with Crippen LogP contribution in [0.25, 0.3) is 6.08 Å². The zero-order valence-corrected chi connectivity index (χ0v) is 14.5. The van der Waals surface area contributed by atoms with Crippen LogP contribution in [0.15, 0.2) is 53.2 Å². The van der Waals surface area contributed by atoms with E-state index in [4.69, 9.17) is 31.1 Å². The average molecular weight is 369 g/mol. The van der Waals surface area contributed by atoms with Crippen LogP contribution < -0.4 is 9.47 Å². The molecule has 0 saturated carbocycles. The van der Waals surface area contributed by atoms with Crippen LogP contribution in [0.5, 0.6) is 11.5 Å². The summed E-state index contributed by atoms with van der Waals surface area (Å²) >= 11 is 5.86. The monoisotopic (exact) mass is 368 g/mol. The van der Waals surface area contributed by atoms with Crippen LogP contribution in [-0.4, -0.2) is 25.6 Å². The van der Waals surface area contributed by atoms with Gasteiger partial charge in [0, 0.05) is 10.6 Å². The number of halogens is 1. The number of cyclic esters (lactones) is 1. The van der Waals surface area contributed by atoms with Crippen LogP contribution in [0, 0.1) is 11.3 Å². The normalized spacial score (nSPS) is 14.6. The minimum atomic E-state index is -0.543. The number of rotatable bonds is 5. The van der Waals surface area contributed by atoms with Crippen molar-refractivity contribution in [3.63, 3.8) is 0 Å². The number of carbonyl (C=O) groups is 1. The second kappa shape index (κ2) is 7.72. The molecule has 6 nitrogen and oxygen atoms in total. The van der Waals surface area contributed by atoms with Crippen LogP contribution in [-0.2, 0) is 9.53 Å². The summed E-state index contributed by atoms with van der Waals surface area (Å²) in [5, 5.41) is 9.18. The summed E-state index contributed by atoms with van der Waals surface area (Å²) in [4.78, 5) is 16.3. The van der Waals surface area contributed by atoms with E-state index in [-0.39, 0.29) is 18.2 Å². The number of nitriles is 1. The summed E-state index contributed by atoms with van der Waals surface area (Å²) in [6.07, 6.45) is 1.59. The molecule has 2 aromatic rings. The molecule has 0 fully saturated rings. The van der Waals surface area contributed by atoms with Gasteiger partial charge in [-0.05, 0) is 48.0 Å². The van der Waals surface area contributed by atoms with Gasteiger partial charge in [-0.3, -0.25) is 0 Å². The lowest BCUT2D eigenvalue weighted by Gasteiger charge is -2.08. The Hall–Kier alpha value is -3.30. The van der Waals surface area contributed by atoms with Crippen molar-refractivity contribution in [2.24, 2.45) is 4.99 Å². The van der Waals surface area contributed by atoms with Gasteiger partial charge in [0.15, 0.2) is 23.8 Å². The molecule has 0 saturated heterocycles. The van der Waals surface area contributed by atoms with Crippen molar-refractivity contribution < 1.29 is 19.0 Å². The number of benzene rings is 2. The molecule has 1 heterocycles. The Bertz CT molecular complexity index is 943. The van der Waals surface area contributed by atoms with Gasteiger partial charge in [-0.1, -0.05) is 17.7 Å². The zero-order valence-electron chi connectivity index (χ0n) is 13.7. The smallest absolute Gasteiger partial charge is 0.363 e. The van der Waals surface area contributed by atoms with E-state index in [0.29, 0.717) is 27.6 Å². The Morgan fingerprint density at radius 1 is 1.23 bits per heavy atom. The van der Waals surface area contributed by atoms with Gasteiger partial charge in [0.25, 0.3) is 0 Å². The molecule has 0 aromatic heterocycles. The Morgan fingerprint density at radius 2 is 2.00 bits per heavy atom. The van der Waals surface area contributed by atoms with Crippen molar-refractivity contribution in [3.05, 3.63) is 64.3 Å². The summed E-state index contributed by atoms with van der Waals surface area (Å²) in [7, 11) is 1.49. The number of carbonyl (C=O) groups excluding carboxylic acids is 1. The van der Waals surface area contributed by atoms with Gasteiger partial charge in [-0.25, -0.2) is 9.79 Å². The molecular weight excluding hydrogens is 356 g/mol. The highest BCUT2D eigenvalue weighted by Gasteiger charge is 2.24. The number of hydrogen-bond acceptors (Lipinski definition) is 6. The first-order valence-corrected chi connectivity index (χ1v) is 7.95. The van der Waals surface area contributed by atoms with Gasteiger partial charge in [-0.15, -0.1) is 0 Å². The molecule has 7 heteroatoms. The Balaban J connectivity index is 1.88. The maximum absolute atomic E-state index is 12.1. The molecule has 1 aliphatic rings. The molecule has 0 aliphatic carbocycles. The maximum atomic E-state index is 12.1. The molecule has 3 rings (SSSR count). The van der Waals surface area contributed by atoms with Gasteiger partial charge >= 0.3 is 5.97 Å². The van der Waals surface area contributed by atoms with E-state index in [0.717, 1.165) is 0 Å². The van der Waals surface area contributed by atoms with Crippen molar-refractivity contribution >= 4 is 29.5 Å². The van der Waals surface area contributed by atoms with Crippen molar-refractivity contribution in [3.8, 4) is 17.6 Å². The fourth-order valence-electron chi connectivity index (χ4n) is 2.29. The fourth-order valence-corrected chi connectivity index (χ4v) is 2.41. The van der Waals surface area contributed by atoms with E-state index in [1.807, 2.05) is 6.07 Å². The number of hydrogen-bond donors (Lipinski definition) is 0. The van der Waals surface area contributed by atoms with Gasteiger partial charge in [0.1, 0.15) is 6.07 Å². The largest absolute Gasteiger partial charge is 0.493 e. The third-order valence-corrected chi connectivity index (χ3v) is 3.75. The summed E-state index contributed by atoms with van der Waals surface area (Å²) in [6.45, 7) is -0.0854. The number of methoxy groups -OCH3 is 1. The lowest BCUT2D eigenvalue weighted by molar-refractivity contribution is -0.129. The lowest BCUT2D eigenvalue weighted by Crippen LogP contribution is -2.05. The second-order valence-corrected chi connectivity index (χ2v) is 5.64. The van der Waals surface area contributed by atoms with Crippen molar-refractivity contribution in [2.75, 3.05) is 13.7 Å². The van der Waals surface area contributed by atoms with E-state index in [9.17, 15) is 4.79 Å². The molecule has 26 heavy (non-hydrogen) atoms. The van der Waals surface area contributed by atoms with Crippen molar-refractivity contribution in [1.29, 1.82) is 5.26 Å². The van der Waals surface area contributed by atoms with Crippen LogP contribution in [0.4, 0.5) is 0 Å². The molecule has 1 aliphatic heterocycles. The second-order valence-electron chi connectivity index (χ2n) is 5.20. The first-order valence-electron chi connectivity index (χ1n) is 7.57. The molecule has 130 valence electrons. The van der Waals surface area contributed by atoms with Crippen molar-refractivity contribution in [1.82, 2.24) is 0 Å². The van der Waals surface area contributed by atoms with Crippen LogP contribution in [0.1, 0.15) is 11.1 Å². The molecule has 0 amide bonds. The summed E-state index contributed by atoms with van der Waals surface area (Å²) in [5.74, 6) is 0.566. The Labute approximate surface area is 154 Å². The predicted octanol–water partition coefficient (Wildman–Crippen LogP) is 3.60. The number of aliphatic imine (C=N–C) groups is 1. The van der Waals surface area contributed by atoms with E-state index in [1.54, 1.807) is 48.5 Å². The molecule has 0 unspecified atom stereocenters.